The van der Waals surface area contributed by atoms with Gasteiger partial charge in [0.2, 0.25) is 0 Å². The summed E-state index contributed by atoms with van der Waals surface area (Å²) in [4.78, 5) is 20.7. The summed E-state index contributed by atoms with van der Waals surface area (Å²) in [5, 5.41) is 12.2. The third-order valence-electron chi connectivity index (χ3n) is 6.54. The standard InChI is InChI=1S/C25H24F3N3O3/c1-30-14-31(20-7-9-34-13-21(20)32)24(33)19-12-16(17-4-2-3-5-18(17)23(19)30)10-15-6-8-29-22(11-15)25(26,27)28/h2-6,8,11-12,20-21,32H,7,9-10,13-14H2,1H3/t20-,21-/m0/s1. The molecule has 6 nitrogen and oxygen atoms in total. The fourth-order valence-electron chi connectivity index (χ4n) is 4.96. The van der Waals surface area contributed by atoms with Crippen molar-refractivity contribution in [1.29, 1.82) is 0 Å². The molecule has 34 heavy (non-hydrogen) atoms. The number of aliphatic hydroxyl groups excluding tert-OH is 1. The Morgan fingerprint density at radius 2 is 1.94 bits per heavy atom. The SMILES string of the molecule is CN1CN([C@H]2CCOC[C@@H]2O)C(=O)c2cc(Cc3ccnc(C(F)(F)F)c3)c3ccccc3c21. The second-order valence-electron chi connectivity index (χ2n) is 8.81. The molecular formula is C25H24F3N3O3. The van der Waals surface area contributed by atoms with Crippen LogP contribution in [0.15, 0.2) is 48.7 Å². The third-order valence-corrected chi connectivity index (χ3v) is 6.54. The average Bonchev–Trinajstić information content (AvgIpc) is 2.81. The minimum absolute atomic E-state index is 0.178. The number of anilines is 1. The van der Waals surface area contributed by atoms with Crippen molar-refractivity contribution >= 4 is 22.4 Å². The molecule has 0 unspecified atom stereocenters. The molecular weight excluding hydrogens is 447 g/mol. The summed E-state index contributed by atoms with van der Waals surface area (Å²) >= 11 is 0. The molecule has 1 fully saturated rings. The van der Waals surface area contributed by atoms with Crippen molar-refractivity contribution in [3.8, 4) is 0 Å². The lowest BCUT2D eigenvalue weighted by molar-refractivity contribution is -0.141. The van der Waals surface area contributed by atoms with Gasteiger partial charge in [0.15, 0.2) is 0 Å². The van der Waals surface area contributed by atoms with E-state index in [0.29, 0.717) is 30.8 Å². The van der Waals surface area contributed by atoms with Crippen LogP contribution in [0.3, 0.4) is 0 Å². The van der Waals surface area contributed by atoms with E-state index in [4.69, 9.17) is 4.74 Å². The van der Waals surface area contributed by atoms with Gasteiger partial charge in [0, 0.05) is 25.2 Å². The van der Waals surface area contributed by atoms with Crippen molar-refractivity contribution in [3.63, 3.8) is 0 Å². The zero-order valence-electron chi connectivity index (χ0n) is 18.5. The highest BCUT2D eigenvalue weighted by Gasteiger charge is 2.38. The normalized spacial score (nSPS) is 21.1. The first kappa shape index (κ1) is 22.6. The van der Waals surface area contributed by atoms with Crippen LogP contribution < -0.4 is 4.90 Å². The summed E-state index contributed by atoms with van der Waals surface area (Å²) in [5.74, 6) is -0.197. The van der Waals surface area contributed by atoms with E-state index in [1.807, 2.05) is 36.2 Å². The van der Waals surface area contributed by atoms with Crippen LogP contribution in [0, 0.1) is 0 Å². The molecule has 2 aromatic carbocycles. The van der Waals surface area contributed by atoms with Crippen LogP contribution in [0.25, 0.3) is 10.8 Å². The number of aliphatic hydroxyl groups is 1. The van der Waals surface area contributed by atoms with Crippen molar-refractivity contribution in [2.75, 3.05) is 31.8 Å². The minimum Gasteiger partial charge on any atom is -0.389 e. The summed E-state index contributed by atoms with van der Waals surface area (Å²) in [7, 11) is 1.90. The Kier molecular flexibility index (Phi) is 5.69. The highest BCUT2D eigenvalue weighted by atomic mass is 19.4. The Labute approximate surface area is 194 Å². The maximum Gasteiger partial charge on any atom is 0.433 e. The molecule has 0 saturated carbocycles. The highest BCUT2D eigenvalue weighted by Crippen LogP contribution is 2.38. The minimum atomic E-state index is -4.53. The quantitative estimate of drug-likeness (QED) is 0.629. The van der Waals surface area contributed by atoms with E-state index >= 15 is 0 Å². The first-order valence-electron chi connectivity index (χ1n) is 11.1. The Balaban J connectivity index is 1.59. The van der Waals surface area contributed by atoms with Crippen molar-refractivity contribution < 1.29 is 27.8 Å². The lowest BCUT2D eigenvalue weighted by Gasteiger charge is -2.43. The number of ether oxygens (including phenoxy) is 1. The van der Waals surface area contributed by atoms with Gasteiger partial charge in [-0.3, -0.25) is 9.78 Å². The molecule has 2 atom stereocenters. The molecule has 1 saturated heterocycles. The van der Waals surface area contributed by atoms with E-state index in [-0.39, 0.29) is 25.0 Å². The topological polar surface area (TPSA) is 65.9 Å². The predicted molar refractivity (Wildman–Crippen MR) is 121 cm³/mol. The number of alkyl halides is 3. The van der Waals surface area contributed by atoms with Crippen LogP contribution in [0.1, 0.15) is 33.6 Å². The van der Waals surface area contributed by atoms with Crippen molar-refractivity contribution in [3.05, 3.63) is 71.0 Å². The van der Waals surface area contributed by atoms with Crippen LogP contribution in [0.2, 0.25) is 0 Å². The van der Waals surface area contributed by atoms with E-state index in [9.17, 15) is 23.1 Å². The van der Waals surface area contributed by atoms with Gasteiger partial charge in [-0.25, -0.2) is 0 Å². The Morgan fingerprint density at radius 1 is 1.18 bits per heavy atom. The molecule has 2 aliphatic heterocycles. The first-order chi connectivity index (χ1) is 16.2. The molecule has 3 heterocycles. The number of carbonyl (C=O) groups excluding carboxylic acids is 1. The third kappa shape index (κ3) is 3.99. The predicted octanol–water partition coefficient (Wildman–Crippen LogP) is 3.84. The molecule has 3 aromatic rings. The zero-order chi connectivity index (χ0) is 24.0. The van der Waals surface area contributed by atoms with Crippen LogP contribution >= 0.6 is 0 Å². The number of pyridine rings is 1. The molecule has 1 N–H and O–H groups in total. The molecule has 0 bridgehead atoms. The molecule has 0 aliphatic carbocycles. The Morgan fingerprint density at radius 3 is 2.68 bits per heavy atom. The molecule has 9 heteroatoms. The van der Waals surface area contributed by atoms with E-state index in [1.165, 1.54) is 0 Å². The largest absolute Gasteiger partial charge is 0.433 e. The second kappa shape index (κ2) is 8.56. The summed E-state index contributed by atoms with van der Waals surface area (Å²) in [6.07, 6.45) is -3.39. The van der Waals surface area contributed by atoms with Gasteiger partial charge < -0.3 is 19.6 Å². The van der Waals surface area contributed by atoms with Crippen molar-refractivity contribution in [1.82, 2.24) is 9.88 Å². The number of amides is 1. The van der Waals surface area contributed by atoms with E-state index in [2.05, 4.69) is 4.98 Å². The summed E-state index contributed by atoms with van der Waals surface area (Å²) in [6, 6.07) is 11.6. The number of benzene rings is 2. The van der Waals surface area contributed by atoms with E-state index < -0.39 is 18.0 Å². The first-order valence-corrected chi connectivity index (χ1v) is 11.1. The second-order valence-corrected chi connectivity index (χ2v) is 8.81. The van der Waals surface area contributed by atoms with Gasteiger partial charge in [-0.15, -0.1) is 0 Å². The average molecular weight is 471 g/mol. The molecule has 0 radical (unpaired) electrons. The van der Waals surface area contributed by atoms with Crippen LogP contribution in [0.4, 0.5) is 18.9 Å². The van der Waals surface area contributed by atoms with Gasteiger partial charge in [-0.05, 0) is 47.6 Å². The number of fused-ring (bicyclic) bond motifs is 3. The van der Waals surface area contributed by atoms with Crippen LogP contribution in [-0.4, -0.2) is 60.0 Å². The Hall–Kier alpha value is -3.17. The zero-order valence-corrected chi connectivity index (χ0v) is 18.5. The van der Waals surface area contributed by atoms with Crippen molar-refractivity contribution in [2.24, 2.45) is 0 Å². The summed E-state index contributed by atoms with van der Waals surface area (Å²) in [5.41, 5.74) is 1.53. The summed E-state index contributed by atoms with van der Waals surface area (Å²) < 4.78 is 44.9. The lowest BCUT2D eigenvalue weighted by atomic mass is 9.91. The monoisotopic (exact) mass is 471 g/mol. The number of nitrogens with zero attached hydrogens (tertiary/aromatic N) is 3. The number of hydrogen-bond donors (Lipinski definition) is 1. The summed E-state index contributed by atoms with van der Waals surface area (Å²) in [6.45, 7) is 0.975. The molecule has 5 rings (SSSR count). The maximum atomic E-state index is 13.6. The molecule has 0 spiro atoms. The fourth-order valence-corrected chi connectivity index (χ4v) is 4.96. The number of hydrogen-bond acceptors (Lipinski definition) is 5. The lowest BCUT2D eigenvalue weighted by Crippen LogP contribution is -2.56. The fraction of sp³-hybridized carbons (Fsp3) is 0.360. The molecule has 178 valence electrons. The number of carbonyl (C=O) groups is 1. The van der Waals surface area contributed by atoms with Gasteiger partial charge in [0.1, 0.15) is 5.69 Å². The van der Waals surface area contributed by atoms with Gasteiger partial charge in [-0.1, -0.05) is 24.3 Å². The maximum absolute atomic E-state index is 13.6. The smallest absolute Gasteiger partial charge is 0.389 e. The van der Waals surface area contributed by atoms with Crippen LogP contribution in [-0.2, 0) is 17.3 Å². The van der Waals surface area contributed by atoms with Crippen LogP contribution in [0.5, 0.6) is 0 Å². The van der Waals surface area contributed by atoms with Gasteiger partial charge in [-0.2, -0.15) is 13.2 Å². The Bertz CT molecular complexity index is 1250. The van der Waals surface area contributed by atoms with Gasteiger partial charge in [0.25, 0.3) is 5.91 Å². The van der Waals surface area contributed by atoms with Crippen molar-refractivity contribution in [2.45, 2.75) is 31.2 Å². The number of halogens is 3. The van der Waals surface area contributed by atoms with E-state index in [0.717, 1.165) is 34.3 Å². The van der Waals surface area contributed by atoms with Gasteiger partial charge >= 0.3 is 6.18 Å². The van der Waals surface area contributed by atoms with Gasteiger partial charge in [0.05, 0.1) is 36.7 Å². The number of aromatic nitrogens is 1. The molecule has 1 amide bonds. The van der Waals surface area contributed by atoms with E-state index in [1.54, 1.807) is 17.0 Å². The molecule has 2 aliphatic rings. The number of rotatable bonds is 3. The highest BCUT2D eigenvalue weighted by molar-refractivity contribution is 6.11. The molecule has 1 aromatic heterocycles.